The van der Waals surface area contributed by atoms with E-state index in [-0.39, 0.29) is 0 Å². The van der Waals surface area contributed by atoms with Crippen LogP contribution in [0.15, 0.2) is 24.3 Å². The molecule has 17 heavy (non-hydrogen) atoms. The number of hydrogen-bond donors (Lipinski definition) is 1. The standard InChI is InChI=1S/C13H18N2OS/c1-2-10-9-15(7-8-16-10)12-6-4-3-5-11(12)13(14)17/h3-6,10H,2,7-9H2,1H3,(H2,14,17). The third-order valence-electron chi connectivity index (χ3n) is 3.10. The fourth-order valence-corrected chi connectivity index (χ4v) is 2.32. The molecule has 1 aliphatic rings. The maximum atomic E-state index is 5.76. The van der Waals surface area contributed by atoms with Gasteiger partial charge >= 0.3 is 0 Å². The lowest BCUT2D eigenvalue weighted by Gasteiger charge is -2.35. The predicted molar refractivity (Wildman–Crippen MR) is 74.6 cm³/mol. The highest BCUT2D eigenvalue weighted by atomic mass is 32.1. The Hall–Kier alpha value is -1.13. The molecular weight excluding hydrogens is 232 g/mol. The van der Waals surface area contributed by atoms with E-state index < -0.39 is 0 Å². The van der Waals surface area contributed by atoms with Crippen LogP contribution in [0.5, 0.6) is 0 Å². The molecule has 2 rings (SSSR count). The second kappa shape index (κ2) is 5.47. The first kappa shape index (κ1) is 12.3. The molecule has 0 bridgehead atoms. The van der Waals surface area contributed by atoms with Crippen LogP contribution in [0.2, 0.25) is 0 Å². The summed E-state index contributed by atoms with van der Waals surface area (Å²) in [6, 6.07) is 8.05. The van der Waals surface area contributed by atoms with E-state index in [2.05, 4.69) is 17.9 Å². The molecule has 1 aliphatic heterocycles. The van der Waals surface area contributed by atoms with Crippen LogP contribution in [-0.2, 0) is 4.74 Å². The first-order chi connectivity index (χ1) is 8.22. The van der Waals surface area contributed by atoms with E-state index in [1.165, 1.54) is 0 Å². The Morgan fingerprint density at radius 1 is 1.53 bits per heavy atom. The van der Waals surface area contributed by atoms with E-state index in [0.29, 0.717) is 11.1 Å². The molecule has 0 amide bonds. The summed E-state index contributed by atoms with van der Waals surface area (Å²) in [5, 5.41) is 0. The van der Waals surface area contributed by atoms with E-state index in [1.54, 1.807) is 0 Å². The fourth-order valence-electron chi connectivity index (χ4n) is 2.14. The molecule has 4 heteroatoms. The lowest BCUT2D eigenvalue weighted by molar-refractivity contribution is 0.0384. The summed E-state index contributed by atoms with van der Waals surface area (Å²) >= 11 is 5.10. The van der Waals surface area contributed by atoms with Crippen molar-refractivity contribution in [2.45, 2.75) is 19.4 Å². The summed E-state index contributed by atoms with van der Waals surface area (Å²) < 4.78 is 5.67. The van der Waals surface area contributed by atoms with Crippen molar-refractivity contribution in [2.75, 3.05) is 24.6 Å². The van der Waals surface area contributed by atoms with Crippen molar-refractivity contribution in [3.05, 3.63) is 29.8 Å². The van der Waals surface area contributed by atoms with Gasteiger partial charge < -0.3 is 15.4 Å². The minimum atomic E-state index is 0.308. The van der Waals surface area contributed by atoms with Crippen molar-refractivity contribution >= 4 is 22.9 Å². The number of thiocarbonyl (C=S) groups is 1. The molecule has 1 fully saturated rings. The average molecular weight is 250 g/mol. The number of ether oxygens (including phenoxy) is 1. The third-order valence-corrected chi connectivity index (χ3v) is 3.32. The zero-order valence-corrected chi connectivity index (χ0v) is 10.9. The number of rotatable bonds is 3. The zero-order valence-electron chi connectivity index (χ0n) is 10.1. The second-order valence-electron chi connectivity index (χ2n) is 4.23. The molecule has 0 radical (unpaired) electrons. The Labute approximate surface area is 108 Å². The molecule has 1 atom stereocenters. The minimum Gasteiger partial charge on any atom is -0.389 e. The maximum absolute atomic E-state index is 5.76. The van der Waals surface area contributed by atoms with Crippen molar-refractivity contribution in [1.29, 1.82) is 0 Å². The van der Waals surface area contributed by atoms with Crippen LogP contribution in [-0.4, -0.2) is 30.8 Å². The SMILES string of the molecule is CCC1CN(c2ccccc2C(N)=S)CCO1. The van der Waals surface area contributed by atoms with Gasteiger partial charge in [-0.15, -0.1) is 0 Å². The molecule has 92 valence electrons. The molecule has 0 aliphatic carbocycles. The first-order valence-electron chi connectivity index (χ1n) is 5.97. The van der Waals surface area contributed by atoms with Gasteiger partial charge in [0.1, 0.15) is 4.99 Å². The quantitative estimate of drug-likeness (QED) is 0.832. The maximum Gasteiger partial charge on any atom is 0.106 e. The van der Waals surface area contributed by atoms with Crippen LogP contribution in [0.3, 0.4) is 0 Å². The number of morpholine rings is 1. The van der Waals surface area contributed by atoms with Gasteiger partial charge in [-0.2, -0.15) is 0 Å². The number of para-hydroxylation sites is 1. The summed E-state index contributed by atoms with van der Waals surface area (Å²) in [7, 11) is 0. The molecular formula is C13H18N2OS. The lowest BCUT2D eigenvalue weighted by Crippen LogP contribution is -2.43. The van der Waals surface area contributed by atoms with Crippen LogP contribution in [0.1, 0.15) is 18.9 Å². The van der Waals surface area contributed by atoms with Crippen molar-refractivity contribution < 1.29 is 4.74 Å². The number of anilines is 1. The van der Waals surface area contributed by atoms with Gasteiger partial charge in [0.2, 0.25) is 0 Å². The molecule has 0 saturated carbocycles. The second-order valence-corrected chi connectivity index (χ2v) is 4.67. The highest BCUT2D eigenvalue weighted by Crippen LogP contribution is 2.23. The Balaban J connectivity index is 2.24. The normalized spacial score (nSPS) is 20.3. The van der Waals surface area contributed by atoms with E-state index in [0.717, 1.165) is 37.4 Å². The monoisotopic (exact) mass is 250 g/mol. The van der Waals surface area contributed by atoms with Crippen LogP contribution < -0.4 is 10.6 Å². The number of benzene rings is 1. The third kappa shape index (κ3) is 2.76. The van der Waals surface area contributed by atoms with Gasteiger partial charge in [-0.05, 0) is 18.6 Å². The molecule has 1 unspecified atom stereocenters. The molecule has 0 aromatic heterocycles. The number of nitrogens with two attached hydrogens (primary N) is 1. The highest BCUT2D eigenvalue weighted by Gasteiger charge is 2.21. The van der Waals surface area contributed by atoms with Crippen LogP contribution in [0.25, 0.3) is 0 Å². The predicted octanol–water partition coefficient (Wildman–Crippen LogP) is 1.94. The van der Waals surface area contributed by atoms with Crippen molar-refractivity contribution in [3.63, 3.8) is 0 Å². The van der Waals surface area contributed by atoms with Crippen LogP contribution >= 0.6 is 12.2 Å². The van der Waals surface area contributed by atoms with Crippen molar-refractivity contribution in [2.24, 2.45) is 5.73 Å². The van der Waals surface area contributed by atoms with Crippen molar-refractivity contribution in [3.8, 4) is 0 Å². The molecule has 1 aromatic rings. The molecule has 1 aromatic carbocycles. The summed E-state index contributed by atoms with van der Waals surface area (Å²) in [5.41, 5.74) is 7.85. The number of nitrogens with zero attached hydrogens (tertiary/aromatic N) is 1. The Kier molecular flexibility index (Phi) is 3.97. The van der Waals surface area contributed by atoms with Gasteiger partial charge in [-0.3, -0.25) is 0 Å². The largest absolute Gasteiger partial charge is 0.389 e. The van der Waals surface area contributed by atoms with Gasteiger partial charge in [0.05, 0.1) is 12.7 Å². The summed E-state index contributed by atoms with van der Waals surface area (Å²) in [6.45, 7) is 4.73. The topological polar surface area (TPSA) is 38.5 Å². The lowest BCUT2D eigenvalue weighted by atomic mass is 10.1. The summed E-state index contributed by atoms with van der Waals surface area (Å²) in [4.78, 5) is 2.77. The number of hydrogen-bond acceptors (Lipinski definition) is 3. The Morgan fingerprint density at radius 2 is 2.29 bits per heavy atom. The minimum absolute atomic E-state index is 0.308. The Bertz CT molecular complexity index is 408. The Morgan fingerprint density at radius 3 is 3.00 bits per heavy atom. The van der Waals surface area contributed by atoms with E-state index in [4.69, 9.17) is 22.7 Å². The summed E-state index contributed by atoms with van der Waals surface area (Å²) in [6.07, 6.45) is 1.34. The summed E-state index contributed by atoms with van der Waals surface area (Å²) in [5.74, 6) is 0. The van der Waals surface area contributed by atoms with Gasteiger partial charge in [-0.1, -0.05) is 31.3 Å². The van der Waals surface area contributed by atoms with Gasteiger partial charge in [0.25, 0.3) is 0 Å². The highest BCUT2D eigenvalue weighted by molar-refractivity contribution is 7.80. The molecule has 1 saturated heterocycles. The van der Waals surface area contributed by atoms with Gasteiger partial charge in [0, 0.05) is 24.3 Å². The molecule has 2 N–H and O–H groups in total. The molecule has 0 spiro atoms. The van der Waals surface area contributed by atoms with Gasteiger partial charge in [-0.25, -0.2) is 0 Å². The van der Waals surface area contributed by atoms with Crippen molar-refractivity contribution in [1.82, 2.24) is 0 Å². The average Bonchev–Trinajstić information content (AvgIpc) is 2.39. The molecule has 3 nitrogen and oxygen atoms in total. The van der Waals surface area contributed by atoms with Gasteiger partial charge in [0.15, 0.2) is 0 Å². The van der Waals surface area contributed by atoms with E-state index in [1.807, 2.05) is 18.2 Å². The smallest absolute Gasteiger partial charge is 0.106 e. The van der Waals surface area contributed by atoms with E-state index >= 15 is 0 Å². The first-order valence-corrected chi connectivity index (χ1v) is 6.38. The van der Waals surface area contributed by atoms with Crippen LogP contribution in [0.4, 0.5) is 5.69 Å². The zero-order chi connectivity index (χ0) is 12.3. The fraction of sp³-hybridized carbons (Fsp3) is 0.462. The van der Waals surface area contributed by atoms with E-state index in [9.17, 15) is 0 Å². The van der Waals surface area contributed by atoms with Crippen LogP contribution in [0, 0.1) is 0 Å². The molecule has 1 heterocycles.